The standard InChI is InChI=1S/C15H13ClN6OS/c1-8-11(24-13(17-8)9-3-2-4-10(16)7-9)12(23)18-15(5-6-15)14-19-21-22-20-14/h2-4,7H,5-6H2,1H3,(H,18,23)(H,19,20,21,22). The summed E-state index contributed by atoms with van der Waals surface area (Å²) in [5.41, 5.74) is 1.09. The first-order valence-electron chi connectivity index (χ1n) is 7.37. The molecule has 0 unspecified atom stereocenters. The predicted octanol–water partition coefficient (Wildman–Crippen LogP) is 2.70. The Morgan fingerprint density at radius 1 is 1.42 bits per heavy atom. The maximum absolute atomic E-state index is 12.7. The van der Waals surface area contributed by atoms with Crippen LogP contribution in [0, 0.1) is 6.92 Å². The summed E-state index contributed by atoms with van der Waals surface area (Å²) in [6.07, 6.45) is 1.61. The third kappa shape index (κ3) is 2.67. The number of tetrazole rings is 1. The topological polar surface area (TPSA) is 96.5 Å². The molecule has 1 aliphatic rings. The van der Waals surface area contributed by atoms with E-state index in [1.807, 2.05) is 25.1 Å². The van der Waals surface area contributed by atoms with Gasteiger partial charge in [-0.1, -0.05) is 28.9 Å². The summed E-state index contributed by atoms with van der Waals surface area (Å²) in [5, 5.41) is 18.4. The van der Waals surface area contributed by atoms with Crippen LogP contribution in [0.5, 0.6) is 0 Å². The van der Waals surface area contributed by atoms with Crippen molar-refractivity contribution in [1.82, 2.24) is 30.9 Å². The third-order valence-corrected chi connectivity index (χ3v) is 5.39. The lowest BCUT2D eigenvalue weighted by atomic mass is 10.2. The van der Waals surface area contributed by atoms with Gasteiger partial charge in [-0.05, 0) is 31.9 Å². The molecule has 0 spiro atoms. The molecule has 1 aromatic carbocycles. The minimum absolute atomic E-state index is 0.166. The van der Waals surface area contributed by atoms with E-state index in [1.165, 1.54) is 11.3 Å². The molecular formula is C15H13ClN6OS. The molecule has 0 bridgehead atoms. The highest BCUT2D eigenvalue weighted by molar-refractivity contribution is 7.17. The van der Waals surface area contributed by atoms with Crippen LogP contribution in [0.3, 0.4) is 0 Å². The number of aromatic amines is 1. The number of benzene rings is 1. The minimum atomic E-state index is -0.503. The fourth-order valence-electron chi connectivity index (χ4n) is 2.52. The van der Waals surface area contributed by atoms with Gasteiger partial charge in [-0.3, -0.25) is 4.79 Å². The fraction of sp³-hybridized carbons (Fsp3) is 0.267. The predicted molar refractivity (Wildman–Crippen MR) is 89.9 cm³/mol. The molecule has 24 heavy (non-hydrogen) atoms. The van der Waals surface area contributed by atoms with E-state index in [9.17, 15) is 4.79 Å². The molecule has 1 amide bonds. The molecule has 0 radical (unpaired) electrons. The van der Waals surface area contributed by atoms with E-state index in [2.05, 4.69) is 30.9 Å². The normalized spacial score (nSPS) is 15.2. The molecule has 2 heterocycles. The van der Waals surface area contributed by atoms with Gasteiger partial charge < -0.3 is 5.32 Å². The van der Waals surface area contributed by atoms with Crippen LogP contribution in [-0.2, 0) is 5.54 Å². The smallest absolute Gasteiger partial charge is 0.264 e. The van der Waals surface area contributed by atoms with Gasteiger partial charge in [0.15, 0.2) is 5.82 Å². The number of carbonyl (C=O) groups excluding carboxylic acids is 1. The van der Waals surface area contributed by atoms with Gasteiger partial charge in [0.1, 0.15) is 15.4 Å². The molecular weight excluding hydrogens is 348 g/mol. The van der Waals surface area contributed by atoms with Crippen LogP contribution >= 0.6 is 22.9 Å². The lowest BCUT2D eigenvalue weighted by Gasteiger charge is -2.12. The van der Waals surface area contributed by atoms with Gasteiger partial charge in [0.25, 0.3) is 5.91 Å². The molecule has 1 aliphatic carbocycles. The van der Waals surface area contributed by atoms with Crippen molar-refractivity contribution in [2.45, 2.75) is 25.3 Å². The van der Waals surface area contributed by atoms with E-state index in [1.54, 1.807) is 6.07 Å². The van der Waals surface area contributed by atoms with Gasteiger partial charge >= 0.3 is 0 Å². The number of hydrogen-bond donors (Lipinski definition) is 2. The minimum Gasteiger partial charge on any atom is -0.338 e. The summed E-state index contributed by atoms with van der Waals surface area (Å²) < 4.78 is 0. The van der Waals surface area contributed by atoms with Crippen molar-refractivity contribution < 1.29 is 4.79 Å². The Hall–Kier alpha value is -2.32. The molecule has 9 heteroatoms. The second kappa shape index (κ2) is 5.64. The summed E-state index contributed by atoms with van der Waals surface area (Å²) in [6.45, 7) is 1.83. The van der Waals surface area contributed by atoms with Gasteiger partial charge in [-0.25, -0.2) is 4.98 Å². The number of amides is 1. The van der Waals surface area contributed by atoms with Crippen LogP contribution in [-0.4, -0.2) is 31.5 Å². The SMILES string of the molecule is Cc1nc(-c2cccc(Cl)c2)sc1C(=O)NC1(c2nn[nH]n2)CC1. The van der Waals surface area contributed by atoms with E-state index in [0.717, 1.165) is 23.4 Å². The number of nitrogens with zero attached hydrogens (tertiary/aromatic N) is 4. The van der Waals surface area contributed by atoms with Crippen molar-refractivity contribution in [3.8, 4) is 10.6 Å². The molecule has 2 aromatic heterocycles. The Morgan fingerprint density at radius 2 is 2.25 bits per heavy atom. The second-order valence-corrected chi connectivity index (χ2v) is 7.15. The van der Waals surface area contributed by atoms with Crippen molar-refractivity contribution >= 4 is 28.8 Å². The monoisotopic (exact) mass is 360 g/mol. The number of rotatable bonds is 4. The molecule has 4 rings (SSSR count). The van der Waals surface area contributed by atoms with E-state index in [0.29, 0.717) is 21.4 Å². The lowest BCUT2D eigenvalue weighted by Crippen LogP contribution is -2.35. The summed E-state index contributed by atoms with van der Waals surface area (Å²) in [5.74, 6) is 0.355. The van der Waals surface area contributed by atoms with Crippen molar-refractivity contribution in [3.63, 3.8) is 0 Å². The number of thiazole rings is 1. The first-order chi connectivity index (χ1) is 11.6. The number of aromatic nitrogens is 5. The maximum Gasteiger partial charge on any atom is 0.264 e. The largest absolute Gasteiger partial charge is 0.338 e. The van der Waals surface area contributed by atoms with Crippen molar-refractivity contribution in [2.24, 2.45) is 0 Å². The highest BCUT2D eigenvalue weighted by atomic mass is 35.5. The first-order valence-corrected chi connectivity index (χ1v) is 8.57. The first kappa shape index (κ1) is 15.2. The summed E-state index contributed by atoms with van der Waals surface area (Å²) in [7, 11) is 0. The third-order valence-electron chi connectivity index (χ3n) is 3.95. The van der Waals surface area contributed by atoms with Gasteiger partial charge in [0.2, 0.25) is 0 Å². The maximum atomic E-state index is 12.7. The number of aryl methyl sites for hydroxylation is 1. The highest BCUT2D eigenvalue weighted by Gasteiger charge is 2.50. The van der Waals surface area contributed by atoms with Gasteiger partial charge in [0.05, 0.1) is 5.69 Å². The highest BCUT2D eigenvalue weighted by Crippen LogP contribution is 2.44. The van der Waals surface area contributed by atoms with E-state index in [4.69, 9.17) is 11.6 Å². The molecule has 1 saturated carbocycles. The molecule has 122 valence electrons. The molecule has 3 aromatic rings. The van der Waals surface area contributed by atoms with Crippen molar-refractivity contribution in [1.29, 1.82) is 0 Å². The number of carbonyl (C=O) groups is 1. The Morgan fingerprint density at radius 3 is 2.92 bits per heavy atom. The van der Waals surface area contributed by atoms with Crippen LogP contribution in [0.15, 0.2) is 24.3 Å². The van der Waals surface area contributed by atoms with E-state index in [-0.39, 0.29) is 5.91 Å². The zero-order chi connectivity index (χ0) is 16.7. The Kier molecular flexibility index (Phi) is 3.58. The summed E-state index contributed by atoms with van der Waals surface area (Å²) in [4.78, 5) is 17.8. The molecule has 1 fully saturated rings. The Labute approximate surface area is 146 Å². The molecule has 0 aliphatic heterocycles. The van der Waals surface area contributed by atoms with Crippen LogP contribution in [0.1, 0.15) is 34.0 Å². The summed E-state index contributed by atoms with van der Waals surface area (Å²) in [6, 6.07) is 7.43. The van der Waals surface area contributed by atoms with Crippen molar-refractivity contribution in [3.05, 3.63) is 45.7 Å². The molecule has 0 saturated heterocycles. The molecule has 7 nitrogen and oxygen atoms in total. The fourth-order valence-corrected chi connectivity index (χ4v) is 3.67. The van der Waals surface area contributed by atoms with Crippen molar-refractivity contribution in [2.75, 3.05) is 0 Å². The Bertz CT molecular complexity index is 903. The average molecular weight is 361 g/mol. The van der Waals surface area contributed by atoms with E-state index >= 15 is 0 Å². The number of H-pyrrole nitrogens is 1. The zero-order valence-corrected chi connectivity index (χ0v) is 14.3. The molecule has 2 N–H and O–H groups in total. The van der Waals surface area contributed by atoms with Gasteiger partial charge in [0, 0.05) is 10.6 Å². The number of hydrogen-bond acceptors (Lipinski definition) is 6. The van der Waals surface area contributed by atoms with Gasteiger partial charge in [-0.15, -0.1) is 21.5 Å². The Balaban J connectivity index is 1.60. The van der Waals surface area contributed by atoms with E-state index < -0.39 is 5.54 Å². The molecule has 0 atom stereocenters. The number of nitrogens with one attached hydrogen (secondary N) is 2. The quantitative estimate of drug-likeness (QED) is 0.745. The average Bonchev–Trinajstić information content (AvgIpc) is 3.00. The van der Waals surface area contributed by atoms with Crippen LogP contribution in [0.25, 0.3) is 10.6 Å². The number of halogens is 1. The lowest BCUT2D eigenvalue weighted by molar-refractivity contribution is 0.0932. The summed E-state index contributed by atoms with van der Waals surface area (Å²) >= 11 is 7.38. The van der Waals surface area contributed by atoms with Crippen LogP contribution < -0.4 is 5.32 Å². The van der Waals surface area contributed by atoms with Gasteiger partial charge in [-0.2, -0.15) is 5.21 Å². The zero-order valence-electron chi connectivity index (χ0n) is 12.7. The van der Waals surface area contributed by atoms with Crippen LogP contribution in [0.2, 0.25) is 5.02 Å². The second-order valence-electron chi connectivity index (χ2n) is 5.72. The van der Waals surface area contributed by atoms with Crippen LogP contribution in [0.4, 0.5) is 0 Å².